The summed E-state index contributed by atoms with van der Waals surface area (Å²) in [4.78, 5) is 12.4. The highest BCUT2D eigenvalue weighted by atomic mass is 79.9. The highest BCUT2D eigenvalue weighted by Crippen LogP contribution is 2.36. The number of benzene rings is 3. The number of nitrogens with zero attached hydrogens (tertiary/aromatic N) is 1. The molecule has 8 heteroatoms. The maximum Gasteiger partial charge on any atom is 0.284 e. The van der Waals surface area contributed by atoms with Crippen molar-refractivity contribution >= 4 is 54.8 Å². The van der Waals surface area contributed by atoms with Gasteiger partial charge in [-0.3, -0.25) is 4.79 Å². The van der Waals surface area contributed by atoms with Crippen molar-refractivity contribution in [2.45, 2.75) is 6.10 Å². The Labute approximate surface area is 177 Å². The van der Waals surface area contributed by atoms with Crippen LogP contribution in [0.5, 0.6) is 17.2 Å². The molecule has 28 heavy (non-hydrogen) atoms. The molecule has 1 amide bonds. The lowest BCUT2D eigenvalue weighted by molar-refractivity contribution is -0.130. The summed E-state index contributed by atoms with van der Waals surface area (Å²) in [5.41, 5.74) is 3.14. The first-order valence-electron chi connectivity index (χ1n) is 8.34. The van der Waals surface area contributed by atoms with E-state index in [2.05, 4.69) is 42.4 Å². The third kappa shape index (κ3) is 3.83. The van der Waals surface area contributed by atoms with Crippen LogP contribution in [0.1, 0.15) is 5.56 Å². The first-order chi connectivity index (χ1) is 13.5. The Hall–Kier alpha value is -2.58. The fourth-order valence-electron chi connectivity index (χ4n) is 2.79. The van der Waals surface area contributed by atoms with Crippen molar-refractivity contribution in [1.29, 1.82) is 0 Å². The molecule has 4 rings (SSSR count). The van der Waals surface area contributed by atoms with Gasteiger partial charge >= 0.3 is 0 Å². The van der Waals surface area contributed by atoms with Crippen molar-refractivity contribution < 1.29 is 19.4 Å². The number of phenols is 1. The zero-order valence-electron chi connectivity index (χ0n) is 14.4. The molecule has 3 aromatic rings. The Morgan fingerprint density at radius 1 is 1.11 bits per heavy atom. The molecule has 0 aliphatic carbocycles. The number of fused-ring (bicyclic) bond motifs is 2. The number of amides is 1. The van der Waals surface area contributed by atoms with E-state index < -0.39 is 12.0 Å². The second kappa shape index (κ2) is 7.81. The number of phenolic OH excluding ortho intramolecular Hbond substituents is 1. The first-order valence-corrected chi connectivity index (χ1v) is 9.93. The van der Waals surface area contributed by atoms with Gasteiger partial charge in [-0.25, -0.2) is 5.43 Å². The number of hydrazone groups is 1. The van der Waals surface area contributed by atoms with Crippen LogP contribution in [0.15, 0.2) is 62.6 Å². The molecule has 0 aromatic heterocycles. The number of nitrogens with one attached hydrogen (secondary N) is 1. The summed E-state index contributed by atoms with van der Waals surface area (Å²) >= 11 is 6.49. The quantitative estimate of drug-likeness (QED) is 0.409. The Balaban J connectivity index is 1.44. The number of halogens is 2. The van der Waals surface area contributed by atoms with E-state index in [9.17, 15) is 9.90 Å². The van der Waals surface area contributed by atoms with Crippen molar-refractivity contribution in [2.75, 3.05) is 6.61 Å². The highest BCUT2D eigenvalue weighted by molar-refractivity contribution is 9.11. The zero-order chi connectivity index (χ0) is 19.7. The van der Waals surface area contributed by atoms with Gasteiger partial charge in [0.05, 0.1) is 15.2 Å². The van der Waals surface area contributed by atoms with E-state index in [1.807, 2.05) is 36.4 Å². The molecular weight excluding hydrogens is 492 g/mol. The highest BCUT2D eigenvalue weighted by Gasteiger charge is 2.27. The van der Waals surface area contributed by atoms with Crippen LogP contribution < -0.4 is 14.9 Å². The molecule has 0 saturated heterocycles. The van der Waals surface area contributed by atoms with Crippen molar-refractivity contribution in [3.05, 3.63) is 63.0 Å². The van der Waals surface area contributed by atoms with Gasteiger partial charge in [-0.2, -0.15) is 5.10 Å². The number of ether oxygens (including phenoxy) is 2. The van der Waals surface area contributed by atoms with E-state index in [0.29, 0.717) is 26.0 Å². The van der Waals surface area contributed by atoms with E-state index in [-0.39, 0.29) is 12.4 Å². The standard InChI is InChI=1S/C20H14Br2N2O4/c21-14-5-11(6-15(22)19(14)25)9-23-24-20(26)18-10-27-16-7-12-3-1-2-4-13(12)8-17(16)28-18/h1-9,18,25H,10H2,(H,24,26)/b23-9+/t18-/m0/s1. The molecule has 2 N–H and O–H groups in total. The Kier molecular flexibility index (Phi) is 5.23. The number of hydrogen-bond donors (Lipinski definition) is 2. The summed E-state index contributed by atoms with van der Waals surface area (Å²) < 4.78 is 12.5. The summed E-state index contributed by atoms with van der Waals surface area (Å²) in [6.45, 7) is 0.100. The zero-order valence-corrected chi connectivity index (χ0v) is 17.5. The third-order valence-electron chi connectivity index (χ3n) is 4.19. The summed E-state index contributed by atoms with van der Waals surface area (Å²) in [6.07, 6.45) is 0.668. The van der Waals surface area contributed by atoms with Crippen molar-refractivity contribution in [2.24, 2.45) is 5.10 Å². The van der Waals surface area contributed by atoms with Gasteiger partial charge in [0.25, 0.3) is 5.91 Å². The lowest BCUT2D eigenvalue weighted by Crippen LogP contribution is -2.42. The molecule has 6 nitrogen and oxygen atoms in total. The fraction of sp³-hybridized carbons (Fsp3) is 0.100. The predicted octanol–water partition coefficient (Wildman–Crippen LogP) is 4.36. The molecule has 1 aliphatic rings. The normalized spacial score (nSPS) is 15.7. The third-order valence-corrected chi connectivity index (χ3v) is 5.40. The van der Waals surface area contributed by atoms with Crippen LogP contribution in [0.4, 0.5) is 0 Å². The summed E-state index contributed by atoms with van der Waals surface area (Å²) in [5, 5.41) is 15.7. The van der Waals surface area contributed by atoms with Crippen molar-refractivity contribution in [3.63, 3.8) is 0 Å². The lowest BCUT2D eigenvalue weighted by Gasteiger charge is -2.25. The molecule has 1 heterocycles. The predicted molar refractivity (Wildman–Crippen MR) is 113 cm³/mol. The van der Waals surface area contributed by atoms with Crippen LogP contribution in [-0.4, -0.2) is 29.9 Å². The smallest absolute Gasteiger partial charge is 0.284 e. The minimum atomic E-state index is -0.802. The van der Waals surface area contributed by atoms with Crippen LogP contribution in [0.3, 0.4) is 0 Å². The molecule has 142 valence electrons. The molecule has 1 atom stereocenters. The lowest BCUT2D eigenvalue weighted by atomic mass is 10.1. The Bertz CT molecular complexity index is 1080. The summed E-state index contributed by atoms with van der Waals surface area (Å²) in [7, 11) is 0. The number of hydrogen-bond acceptors (Lipinski definition) is 5. The van der Waals surface area contributed by atoms with Crippen LogP contribution in [-0.2, 0) is 4.79 Å². The number of rotatable bonds is 3. The summed E-state index contributed by atoms with van der Waals surface area (Å²) in [6, 6.07) is 15.0. The van der Waals surface area contributed by atoms with Crippen molar-refractivity contribution in [1.82, 2.24) is 5.43 Å². The molecule has 0 unspecified atom stereocenters. The Morgan fingerprint density at radius 2 is 1.75 bits per heavy atom. The van der Waals surface area contributed by atoms with Gasteiger partial charge in [0.2, 0.25) is 6.10 Å². The number of carbonyl (C=O) groups is 1. The average molecular weight is 506 g/mol. The first kappa shape index (κ1) is 18.8. The van der Waals surface area contributed by atoms with Gasteiger partial charge in [-0.1, -0.05) is 24.3 Å². The van der Waals surface area contributed by atoms with Crippen LogP contribution in [0.25, 0.3) is 10.8 Å². The second-order valence-electron chi connectivity index (χ2n) is 6.13. The number of carbonyl (C=O) groups excluding carboxylic acids is 1. The van der Waals surface area contributed by atoms with E-state index in [0.717, 1.165) is 10.8 Å². The monoisotopic (exact) mass is 504 g/mol. The fourth-order valence-corrected chi connectivity index (χ4v) is 4.01. The largest absolute Gasteiger partial charge is 0.506 e. The van der Waals surface area contributed by atoms with E-state index in [4.69, 9.17) is 9.47 Å². The van der Waals surface area contributed by atoms with E-state index in [1.54, 1.807) is 12.1 Å². The molecule has 3 aromatic carbocycles. The molecule has 0 saturated carbocycles. The molecule has 0 spiro atoms. The minimum absolute atomic E-state index is 0.0973. The van der Waals surface area contributed by atoms with Gasteiger partial charge in [-0.05, 0) is 72.5 Å². The topological polar surface area (TPSA) is 80.2 Å². The van der Waals surface area contributed by atoms with Gasteiger partial charge < -0.3 is 14.6 Å². The SMILES string of the molecule is O=C(N/N=C/c1cc(Br)c(O)c(Br)c1)[C@@H]1COc2cc3ccccc3cc2O1. The molecule has 1 aliphatic heterocycles. The summed E-state index contributed by atoms with van der Waals surface area (Å²) in [5.74, 6) is 0.831. The van der Waals surface area contributed by atoms with Crippen LogP contribution in [0.2, 0.25) is 0 Å². The van der Waals surface area contributed by atoms with Gasteiger partial charge in [0, 0.05) is 0 Å². The molecule has 0 fully saturated rings. The molecular formula is C20H14Br2N2O4. The maximum atomic E-state index is 12.4. The molecule has 0 bridgehead atoms. The molecule has 0 radical (unpaired) electrons. The minimum Gasteiger partial charge on any atom is -0.506 e. The second-order valence-corrected chi connectivity index (χ2v) is 7.84. The average Bonchev–Trinajstić information content (AvgIpc) is 2.69. The van der Waals surface area contributed by atoms with Gasteiger partial charge in [0.1, 0.15) is 12.4 Å². The number of aromatic hydroxyl groups is 1. The maximum absolute atomic E-state index is 12.4. The van der Waals surface area contributed by atoms with Crippen molar-refractivity contribution in [3.8, 4) is 17.2 Å². The van der Waals surface area contributed by atoms with E-state index >= 15 is 0 Å². The van der Waals surface area contributed by atoms with Crippen LogP contribution in [0, 0.1) is 0 Å². The van der Waals surface area contributed by atoms with Gasteiger partial charge in [-0.15, -0.1) is 0 Å². The Morgan fingerprint density at radius 3 is 2.43 bits per heavy atom. The van der Waals surface area contributed by atoms with Gasteiger partial charge in [0.15, 0.2) is 11.5 Å². The van der Waals surface area contributed by atoms with E-state index in [1.165, 1.54) is 6.21 Å². The van der Waals surface area contributed by atoms with Crippen LogP contribution >= 0.6 is 31.9 Å².